The fourth-order valence-corrected chi connectivity index (χ4v) is 12.0. The molecule has 0 heterocycles. The lowest BCUT2D eigenvalue weighted by Gasteiger charge is -2.48. The van der Waals surface area contributed by atoms with E-state index in [4.69, 9.17) is 0 Å². The first-order valence-corrected chi connectivity index (χ1v) is 17.1. The molecule has 0 bridgehead atoms. The molecule has 0 aliphatic heterocycles. The second-order valence-corrected chi connectivity index (χ2v) is 22.1. The molecule has 2 rings (SSSR count). The largest absolute Gasteiger partial charge is 0.359 e. The van der Waals surface area contributed by atoms with Crippen LogP contribution in [-0.4, -0.2) is 16.5 Å². The zero-order valence-electron chi connectivity index (χ0n) is 21.4. The molecule has 0 aliphatic rings. The van der Waals surface area contributed by atoms with E-state index in [-0.39, 0.29) is 0 Å². The molecule has 0 aromatic heterocycles. The Kier molecular flexibility index (Phi) is 8.69. The predicted molar refractivity (Wildman–Crippen MR) is 143 cm³/mol. The van der Waals surface area contributed by atoms with Crippen molar-refractivity contribution in [2.24, 2.45) is 0 Å². The van der Waals surface area contributed by atoms with Gasteiger partial charge in [-0.1, -0.05) is 134 Å². The summed E-state index contributed by atoms with van der Waals surface area (Å²) in [6.07, 6.45) is 0. The second kappa shape index (κ2) is 9.80. The minimum Gasteiger partial charge on any atom is -0.359 e. The number of nitrogens with one attached hydrogen (secondary N) is 1. The SMILES string of the molecule is C=C(c1ccccc1)c1ccc(C)cc1.CC(C)(C)[Si](C)(C)N[Si](C)(C)C(C)(C)C. The Hall–Kier alpha value is -1.43. The number of hydrogen-bond donors (Lipinski definition) is 1. The fourth-order valence-electron chi connectivity index (χ4n) is 2.72. The highest BCUT2D eigenvalue weighted by Crippen LogP contribution is 2.40. The highest BCUT2D eigenvalue weighted by molar-refractivity contribution is 6.93. The van der Waals surface area contributed by atoms with Crippen LogP contribution < -0.4 is 4.65 Å². The van der Waals surface area contributed by atoms with Crippen molar-refractivity contribution in [3.63, 3.8) is 0 Å². The lowest BCUT2D eigenvalue weighted by molar-refractivity contribution is 0.682. The molecule has 0 amide bonds. The minimum atomic E-state index is -1.34. The molecule has 30 heavy (non-hydrogen) atoms. The van der Waals surface area contributed by atoms with Gasteiger partial charge in [0.15, 0.2) is 0 Å². The van der Waals surface area contributed by atoms with Crippen molar-refractivity contribution < 1.29 is 0 Å². The monoisotopic (exact) mass is 439 g/mol. The van der Waals surface area contributed by atoms with Crippen LogP contribution in [0.1, 0.15) is 58.2 Å². The van der Waals surface area contributed by atoms with Crippen molar-refractivity contribution in [2.45, 2.75) is 84.7 Å². The van der Waals surface area contributed by atoms with Gasteiger partial charge in [-0.3, -0.25) is 0 Å². The predicted octanol–water partition coefficient (Wildman–Crippen LogP) is 8.64. The Balaban J connectivity index is 0.000000300. The van der Waals surface area contributed by atoms with E-state index in [0.717, 1.165) is 5.57 Å². The van der Waals surface area contributed by atoms with Crippen LogP contribution in [-0.2, 0) is 0 Å². The van der Waals surface area contributed by atoms with Gasteiger partial charge in [0, 0.05) is 0 Å². The van der Waals surface area contributed by atoms with E-state index in [0.29, 0.717) is 10.1 Å². The third-order valence-electron chi connectivity index (χ3n) is 6.90. The third-order valence-corrected chi connectivity index (χ3v) is 19.4. The lowest BCUT2D eigenvalue weighted by atomic mass is 9.99. The first kappa shape index (κ1) is 26.6. The smallest absolute Gasteiger partial charge is 0.118 e. The van der Waals surface area contributed by atoms with Crippen LogP contribution in [0.15, 0.2) is 61.2 Å². The van der Waals surface area contributed by atoms with Crippen molar-refractivity contribution >= 4 is 22.0 Å². The van der Waals surface area contributed by atoms with Crippen molar-refractivity contribution in [1.29, 1.82) is 0 Å². The Morgan fingerprint density at radius 3 is 1.40 bits per heavy atom. The average Bonchev–Trinajstić information content (AvgIpc) is 2.60. The fraction of sp³-hybridized carbons (Fsp3) is 0.481. The van der Waals surface area contributed by atoms with Crippen molar-refractivity contribution in [3.05, 3.63) is 77.9 Å². The summed E-state index contributed by atoms with van der Waals surface area (Å²) in [5, 5.41) is 0.866. The molecule has 0 radical (unpaired) electrons. The molecular formula is C27H45NSi2. The van der Waals surface area contributed by atoms with Gasteiger partial charge in [-0.2, -0.15) is 0 Å². The van der Waals surface area contributed by atoms with E-state index in [2.05, 4.69) is 122 Å². The first-order chi connectivity index (χ1) is 13.5. The Bertz CT molecular complexity index is 781. The number of hydrogen-bond acceptors (Lipinski definition) is 1. The molecular weight excluding hydrogens is 394 g/mol. The Labute approximate surface area is 189 Å². The number of aryl methyl sites for hydroxylation is 1. The van der Waals surface area contributed by atoms with Gasteiger partial charge in [0.1, 0.15) is 16.5 Å². The van der Waals surface area contributed by atoms with Gasteiger partial charge < -0.3 is 4.65 Å². The average molecular weight is 440 g/mol. The highest BCUT2D eigenvalue weighted by Gasteiger charge is 2.44. The van der Waals surface area contributed by atoms with Crippen LogP contribution in [0.5, 0.6) is 0 Å². The Morgan fingerprint density at radius 1 is 0.667 bits per heavy atom. The Morgan fingerprint density at radius 2 is 1.03 bits per heavy atom. The molecule has 3 heteroatoms. The van der Waals surface area contributed by atoms with E-state index in [9.17, 15) is 0 Å². The van der Waals surface area contributed by atoms with Crippen LogP contribution in [0.2, 0.25) is 36.3 Å². The van der Waals surface area contributed by atoms with E-state index in [1.807, 2.05) is 18.2 Å². The zero-order chi connectivity index (χ0) is 23.4. The molecule has 2 aromatic rings. The van der Waals surface area contributed by atoms with Crippen molar-refractivity contribution in [3.8, 4) is 0 Å². The van der Waals surface area contributed by atoms with Crippen LogP contribution in [0.4, 0.5) is 0 Å². The van der Waals surface area contributed by atoms with Gasteiger partial charge in [0.05, 0.1) is 0 Å². The third kappa shape index (κ3) is 7.37. The standard InChI is InChI=1S/C15H14.C12H31NSi2/c1-12-8-10-15(11-9-12)13(2)14-6-4-3-5-7-14;1-11(2,3)14(7,8)13-15(9,10)12(4,5)6/h3-11H,2H2,1H3;13H,1-10H3. The van der Waals surface area contributed by atoms with E-state index < -0.39 is 16.5 Å². The van der Waals surface area contributed by atoms with Gasteiger partial charge in [0.2, 0.25) is 0 Å². The molecule has 0 saturated heterocycles. The van der Waals surface area contributed by atoms with Crippen LogP contribution >= 0.6 is 0 Å². The highest BCUT2D eigenvalue weighted by atomic mass is 28.4. The molecule has 0 unspecified atom stereocenters. The molecule has 0 fully saturated rings. The zero-order valence-corrected chi connectivity index (χ0v) is 23.4. The maximum Gasteiger partial charge on any atom is 0.118 e. The summed E-state index contributed by atoms with van der Waals surface area (Å²) in [5.41, 5.74) is 4.73. The lowest BCUT2D eigenvalue weighted by Crippen LogP contribution is -2.66. The van der Waals surface area contributed by atoms with Gasteiger partial charge in [0.25, 0.3) is 0 Å². The molecule has 0 aliphatic carbocycles. The molecule has 0 spiro atoms. The van der Waals surface area contributed by atoms with Gasteiger partial charge in [-0.15, -0.1) is 0 Å². The minimum absolute atomic E-state index is 0.433. The van der Waals surface area contributed by atoms with Crippen molar-refractivity contribution in [2.75, 3.05) is 0 Å². The van der Waals surface area contributed by atoms with E-state index in [1.165, 1.54) is 16.7 Å². The van der Waals surface area contributed by atoms with Gasteiger partial charge >= 0.3 is 0 Å². The van der Waals surface area contributed by atoms with Gasteiger partial charge in [-0.05, 0) is 33.7 Å². The second-order valence-electron chi connectivity index (χ2n) is 11.6. The maximum atomic E-state index is 4.12. The topological polar surface area (TPSA) is 12.0 Å². The summed E-state index contributed by atoms with van der Waals surface area (Å²) in [7, 11) is -2.68. The van der Waals surface area contributed by atoms with Crippen LogP contribution in [0.3, 0.4) is 0 Å². The molecule has 1 nitrogen and oxygen atoms in total. The number of benzene rings is 2. The summed E-state index contributed by atoms with van der Waals surface area (Å²) in [6.45, 7) is 30.3. The van der Waals surface area contributed by atoms with E-state index in [1.54, 1.807) is 0 Å². The van der Waals surface area contributed by atoms with Crippen LogP contribution in [0, 0.1) is 6.92 Å². The molecule has 0 saturated carbocycles. The van der Waals surface area contributed by atoms with Crippen LogP contribution in [0.25, 0.3) is 5.57 Å². The van der Waals surface area contributed by atoms with E-state index >= 15 is 0 Å². The quantitative estimate of drug-likeness (QED) is 0.470. The normalized spacial score (nSPS) is 12.8. The summed E-state index contributed by atoms with van der Waals surface area (Å²) < 4.78 is 4.09. The molecule has 0 atom stereocenters. The summed E-state index contributed by atoms with van der Waals surface area (Å²) in [6, 6.07) is 18.7. The summed E-state index contributed by atoms with van der Waals surface area (Å²) in [5.74, 6) is 0. The summed E-state index contributed by atoms with van der Waals surface area (Å²) in [4.78, 5) is 0. The molecule has 2 aromatic carbocycles. The first-order valence-electron chi connectivity index (χ1n) is 11.1. The molecule has 1 N–H and O–H groups in total. The number of rotatable bonds is 4. The maximum absolute atomic E-state index is 4.12. The summed E-state index contributed by atoms with van der Waals surface area (Å²) >= 11 is 0. The van der Waals surface area contributed by atoms with Gasteiger partial charge in [-0.25, -0.2) is 0 Å². The van der Waals surface area contributed by atoms with Crippen molar-refractivity contribution in [1.82, 2.24) is 4.65 Å². The molecule has 166 valence electrons.